The van der Waals surface area contributed by atoms with E-state index in [0.717, 1.165) is 17.7 Å². The first-order valence-electron chi connectivity index (χ1n) is 4.40. The first kappa shape index (κ1) is 10.0. The predicted octanol–water partition coefficient (Wildman–Crippen LogP) is 0.559. The molecule has 0 saturated carbocycles. The largest absolute Gasteiger partial charge is 0.491 e. The van der Waals surface area contributed by atoms with E-state index in [-0.39, 0.29) is 6.61 Å². The van der Waals surface area contributed by atoms with E-state index in [2.05, 4.69) is 0 Å². The summed E-state index contributed by atoms with van der Waals surface area (Å²) in [7, 11) is 0. The van der Waals surface area contributed by atoms with Gasteiger partial charge in [-0.05, 0) is 24.6 Å². The number of hydrogen-bond donors (Lipinski definition) is 2. The zero-order valence-corrected chi connectivity index (χ0v) is 7.57. The summed E-state index contributed by atoms with van der Waals surface area (Å²) < 4.78 is 5.33. The molecule has 0 saturated heterocycles. The summed E-state index contributed by atoms with van der Waals surface area (Å²) in [5, 5.41) is 8.60. The molecule has 0 amide bonds. The second kappa shape index (κ2) is 5.56. The standard InChI is InChI=1S/C10H15NO2/c11-6-5-9-3-1-2-4-10(9)13-8-7-12/h1-4,12H,5-8,11H2. The summed E-state index contributed by atoms with van der Waals surface area (Å²) in [6.07, 6.45) is 0.807. The minimum atomic E-state index is 0.0387. The Morgan fingerprint density at radius 1 is 1.31 bits per heavy atom. The lowest BCUT2D eigenvalue weighted by Crippen LogP contribution is -2.07. The van der Waals surface area contributed by atoms with Crippen molar-refractivity contribution < 1.29 is 9.84 Å². The van der Waals surface area contributed by atoms with Crippen molar-refractivity contribution in [3.63, 3.8) is 0 Å². The Morgan fingerprint density at radius 3 is 2.77 bits per heavy atom. The topological polar surface area (TPSA) is 55.5 Å². The van der Waals surface area contributed by atoms with E-state index >= 15 is 0 Å². The Bertz CT molecular complexity index is 250. The maximum absolute atomic E-state index is 8.60. The smallest absolute Gasteiger partial charge is 0.122 e. The summed E-state index contributed by atoms with van der Waals surface area (Å²) in [6.45, 7) is 0.984. The molecular formula is C10H15NO2. The number of ether oxygens (including phenoxy) is 1. The summed E-state index contributed by atoms with van der Waals surface area (Å²) in [6, 6.07) is 7.74. The molecule has 0 aromatic heterocycles. The molecule has 0 spiro atoms. The Labute approximate surface area is 78.1 Å². The van der Waals surface area contributed by atoms with Crippen LogP contribution in [0.25, 0.3) is 0 Å². The number of aliphatic hydroxyl groups excluding tert-OH is 1. The third-order valence-electron chi connectivity index (χ3n) is 1.74. The summed E-state index contributed by atoms with van der Waals surface area (Å²) >= 11 is 0. The number of aliphatic hydroxyl groups is 1. The van der Waals surface area contributed by atoms with Gasteiger partial charge in [0.05, 0.1) is 6.61 Å². The van der Waals surface area contributed by atoms with Crippen LogP contribution in [0.1, 0.15) is 5.56 Å². The number of para-hydroxylation sites is 1. The summed E-state index contributed by atoms with van der Waals surface area (Å²) in [4.78, 5) is 0. The van der Waals surface area contributed by atoms with Gasteiger partial charge >= 0.3 is 0 Å². The van der Waals surface area contributed by atoms with Crippen molar-refractivity contribution in [2.75, 3.05) is 19.8 Å². The van der Waals surface area contributed by atoms with E-state index in [1.807, 2.05) is 24.3 Å². The van der Waals surface area contributed by atoms with Crippen LogP contribution in [-0.4, -0.2) is 24.9 Å². The van der Waals surface area contributed by atoms with Crippen molar-refractivity contribution in [1.82, 2.24) is 0 Å². The van der Waals surface area contributed by atoms with Gasteiger partial charge in [-0.15, -0.1) is 0 Å². The van der Waals surface area contributed by atoms with Crippen LogP contribution in [0.15, 0.2) is 24.3 Å². The lowest BCUT2D eigenvalue weighted by molar-refractivity contribution is 0.200. The molecule has 1 aromatic rings. The van der Waals surface area contributed by atoms with E-state index < -0.39 is 0 Å². The van der Waals surface area contributed by atoms with Gasteiger partial charge < -0.3 is 15.6 Å². The quantitative estimate of drug-likeness (QED) is 0.697. The molecule has 0 fully saturated rings. The van der Waals surface area contributed by atoms with Gasteiger partial charge in [0, 0.05) is 0 Å². The molecule has 0 radical (unpaired) electrons. The Morgan fingerprint density at radius 2 is 2.08 bits per heavy atom. The van der Waals surface area contributed by atoms with Crippen LogP contribution in [0.4, 0.5) is 0 Å². The summed E-state index contributed by atoms with van der Waals surface area (Å²) in [5.41, 5.74) is 6.55. The second-order valence-electron chi connectivity index (χ2n) is 2.72. The van der Waals surface area contributed by atoms with Crippen LogP contribution >= 0.6 is 0 Å². The van der Waals surface area contributed by atoms with Gasteiger partial charge in [-0.1, -0.05) is 18.2 Å². The molecule has 1 rings (SSSR count). The molecule has 0 aliphatic carbocycles. The van der Waals surface area contributed by atoms with Crippen molar-refractivity contribution in [3.8, 4) is 5.75 Å². The zero-order chi connectivity index (χ0) is 9.52. The van der Waals surface area contributed by atoms with Crippen LogP contribution in [0.2, 0.25) is 0 Å². The molecule has 0 heterocycles. The highest BCUT2D eigenvalue weighted by molar-refractivity contribution is 5.33. The zero-order valence-electron chi connectivity index (χ0n) is 7.57. The molecule has 13 heavy (non-hydrogen) atoms. The lowest BCUT2D eigenvalue weighted by Gasteiger charge is -2.09. The molecule has 0 bridgehead atoms. The van der Waals surface area contributed by atoms with E-state index in [0.29, 0.717) is 13.2 Å². The fraction of sp³-hybridized carbons (Fsp3) is 0.400. The molecule has 0 atom stereocenters. The third-order valence-corrected chi connectivity index (χ3v) is 1.74. The van der Waals surface area contributed by atoms with Gasteiger partial charge in [0.1, 0.15) is 12.4 Å². The van der Waals surface area contributed by atoms with Crippen LogP contribution in [-0.2, 0) is 6.42 Å². The summed E-state index contributed by atoms with van der Waals surface area (Å²) in [5.74, 6) is 0.821. The number of benzene rings is 1. The number of hydrogen-bond acceptors (Lipinski definition) is 3. The highest BCUT2D eigenvalue weighted by Crippen LogP contribution is 2.17. The molecule has 3 N–H and O–H groups in total. The SMILES string of the molecule is NCCc1ccccc1OCCO. The molecule has 1 aromatic carbocycles. The fourth-order valence-electron chi connectivity index (χ4n) is 1.16. The highest BCUT2D eigenvalue weighted by Gasteiger charge is 2.00. The van der Waals surface area contributed by atoms with Crippen LogP contribution in [0, 0.1) is 0 Å². The lowest BCUT2D eigenvalue weighted by atomic mass is 10.1. The normalized spacial score (nSPS) is 10.0. The maximum atomic E-state index is 8.60. The Hall–Kier alpha value is -1.06. The van der Waals surface area contributed by atoms with E-state index in [9.17, 15) is 0 Å². The Balaban J connectivity index is 2.66. The minimum absolute atomic E-state index is 0.0387. The van der Waals surface area contributed by atoms with Gasteiger partial charge in [0.15, 0.2) is 0 Å². The minimum Gasteiger partial charge on any atom is -0.491 e. The highest BCUT2D eigenvalue weighted by atomic mass is 16.5. The average Bonchev–Trinajstić information content (AvgIpc) is 2.17. The maximum Gasteiger partial charge on any atom is 0.122 e. The van der Waals surface area contributed by atoms with Gasteiger partial charge in [-0.3, -0.25) is 0 Å². The van der Waals surface area contributed by atoms with E-state index in [1.165, 1.54) is 0 Å². The van der Waals surface area contributed by atoms with Crippen molar-refractivity contribution >= 4 is 0 Å². The van der Waals surface area contributed by atoms with E-state index in [1.54, 1.807) is 0 Å². The van der Waals surface area contributed by atoms with Crippen molar-refractivity contribution in [3.05, 3.63) is 29.8 Å². The molecule has 3 heteroatoms. The Kier molecular flexibility index (Phi) is 4.29. The first-order valence-corrected chi connectivity index (χ1v) is 4.40. The first-order chi connectivity index (χ1) is 6.38. The van der Waals surface area contributed by atoms with Crippen molar-refractivity contribution in [1.29, 1.82) is 0 Å². The number of rotatable bonds is 5. The molecule has 3 nitrogen and oxygen atoms in total. The van der Waals surface area contributed by atoms with Gasteiger partial charge in [-0.25, -0.2) is 0 Å². The molecule has 0 aliphatic rings. The molecule has 0 unspecified atom stereocenters. The third kappa shape index (κ3) is 3.05. The molecule has 72 valence electrons. The van der Waals surface area contributed by atoms with Crippen molar-refractivity contribution in [2.45, 2.75) is 6.42 Å². The van der Waals surface area contributed by atoms with Crippen LogP contribution < -0.4 is 10.5 Å². The fourth-order valence-corrected chi connectivity index (χ4v) is 1.16. The van der Waals surface area contributed by atoms with Gasteiger partial charge in [0.25, 0.3) is 0 Å². The van der Waals surface area contributed by atoms with Gasteiger partial charge in [-0.2, -0.15) is 0 Å². The van der Waals surface area contributed by atoms with Crippen LogP contribution in [0.3, 0.4) is 0 Å². The molecular weight excluding hydrogens is 166 g/mol. The predicted molar refractivity (Wildman–Crippen MR) is 51.8 cm³/mol. The monoisotopic (exact) mass is 181 g/mol. The van der Waals surface area contributed by atoms with Crippen LogP contribution in [0.5, 0.6) is 5.75 Å². The van der Waals surface area contributed by atoms with Gasteiger partial charge in [0.2, 0.25) is 0 Å². The molecule has 0 aliphatic heterocycles. The number of nitrogens with two attached hydrogens (primary N) is 1. The second-order valence-corrected chi connectivity index (χ2v) is 2.72. The average molecular weight is 181 g/mol. The van der Waals surface area contributed by atoms with Crippen molar-refractivity contribution in [2.24, 2.45) is 5.73 Å². The van der Waals surface area contributed by atoms with E-state index in [4.69, 9.17) is 15.6 Å².